The van der Waals surface area contributed by atoms with E-state index in [1.165, 1.54) is 0 Å². The topological polar surface area (TPSA) is 47.0 Å². The van der Waals surface area contributed by atoms with Gasteiger partial charge >= 0.3 is 0 Å². The number of rotatable bonds is 9. The van der Waals surface area contributed by atoms with Crippen LogP contribution in [0.3, 0.4) is 0 Å². The van der Waals surface area contributed by atoms with Gasteiger partial charge in [-0.1, -0.05) is 19.9 Å². The zero-order valence-electron chi connectivity index (χ0n) is 12.3. The van der Waals surface area contributed by atoms with Gasteiger partial charge in [-0.05, 0) is 26.2 Å². The maximum Gasteiger partial charge on any atom is 0.221 e. The van der Waals surface area contributed by atoms with Gasteiger partial charge in [0.25, 0.3) is 0 Å². The van der Waals surface area contributed by atoms with Gasteiger partial charge < -0.3 is 10.1 Å². The van der Waals surface area contributed by atoms with Crippen molar-refractivity contribution in [1.29, 1.82) is 0 Å². The molecule has 1 aromatic rings. The molecule has 0 aliphatic heterocycles. The third kappa shape index (κ3) is 4.89. The van der Waals surface area contributed by atoms with E-state index in [0.717, 1.165) is 49.4 Å². The Morgan fingerprint density at radius 3 is 2.68 bits per heavy atom. The molecular weight excluding hydrogens is 238 g/mol. The summed E-state index contributed by atoms with van der Waals surface area (Å²) in [6.45, 7) is 11.5. The molecule has 1 heterocycles. The molecule has 0 aliphatic carbocycles. The molecule has 1 aromatic heterocycles. The summed E-state index contributed by atoms with van der Waals surface area (Å²) in [5.74, 6) is 2.44. The second-order valence-corrected chi connectivity index (χ2v) is 4.52. The third-order valence-electron chi connectivity index (χ3n) is 2.72. The summed E-state index contributed by atoms with van der Waals surface area (Å²) in [6, 6.07) is 0. The van der Waals surface area contributed by atoms with Gasteiger partial charge in [0.05, 0.1) is 12.2 Å². The highest BCUT2D eigenvalue weighted by Crippen LogP contribution is 2.22. The summed E-state index contributed by atoms with van der Waals surface area (Å²) < 4.78 is 5.72. The Morgan fingerprint density at radius 1 is 1.26 bits per heavy atom. The smallest absolute Gasteiger partial charge is 0.221 e. The Morgan fingerprint density at radius 2 is 2.05 bits per heavy atom. The molecule has 0 aromatic carbocycles. The molecule has 0 amide bonds. The Balaban J connectivity index is 2.91. The minimum absolute atomic E-state index is 0.611. The lowest BCUT2D eigenvalue weighted by atomic mass is 10.2. The first-order valence-corrected chi connectivity index (χ1v) is 7.08. The molecule has 0 aliphatic rings. The fraction of sp³-hybridized carbons (Fsp3) is 0.600. The predicted octanol–water partition coefficient (Wildman–Crippen LogP) is 3.51. The quantitative estimate of drug-likeness (QED) is 0.547. The molecule has 0 unspecified atom stereocenters. The summed E-state index contributed by atoms with van der Waals surface area (Å²) in [5, 5.41) is 3.34. The van der Waals surface area contributed by atoms with E-state index in [4.69, 9.17) is 4.74 Å². The molecule has 0 atom stereocenters. The van der Waals surface area contributed by atoms with E-state index in [1.54, 1.807) is 0 Å². The highest BCUT2D eigenvalue weighted by molar-refractivity contribution is 5.48. The van der Waals surface area contributed by atoms with E-state index in [2.05, 4.69) is 35.7 Å². The van der Waals surface area contributed by atoms with Gasteiger partial charge in [-0.2, -0.15) is 4.98 Å². The van der Waals surface area contributed by atoms with Gasteiger partial charge in [0.1, 0.15) is 11.6 Å². The van der Waals surface area contributed by atoms with Crippen LogP contribution in [0.2, 0.25) is 0 Å². The molecular formula is C15H25N3O. The summed E-state index contributed by atoms with van der Waals surface area (Å²) in [7, 11) is 0. The average molecular weight is 263 g/mol. The van der Waals surface area contributed by atoms with Crippen LogP contribution in [0.25, 0.3) is 0 Å². The highest BCUT2D eigenvalue weighted by atomic mass is 16.5. The minimum atomic E-state index is 0.611. The Bertz CT molecular complexity index is 405. The number of ether oxygens (including phenoxy) is 1. The maximum atomic E-state index is 5.72. The molecule has 0 spiro atoms. The van der Waals surface area contributed by atoms with Crippen LogP contribution in [0.5, 0.6) is 5.88 Å². The summed E-state index contributed by atoms with van der Waals surface area (Å²) >= 11 is 0. The molecule has 4 nitrogen and oxygen atoms in total. The van der Waals surface area contributed by atoms with Crippen molar-refractivity contribution < 1.29 is 4.74 Å². The molecule has 4 heteroatoms. The van der Waals surface area contributed by atoms with Crippen molar-refractivity contribution in [2.75, 3.05) is 18.5 Å². The molecule has 0 radical (unpaired) electrons. The fourth-order valence-corrected chi connectivity index (χ4v) is 1.67. The normalized spacial score (nSPS) is 10.3. The number of hydrogen-bond acceptors (Lipinski definition) is 4. The van der Waals surface area contributed by atoms with Crippen LogP contribution >= 0.6 is 0 Å². The van der Waals surface area contributed by atoms with Crippen LogP contribution in [0.1, 0.15) is 44.5 Å². The van der Waals surface area contributed by atoms with Crippen molar-refractivity contribution in [2.45, 2.75) is 46.5 Å². The number of nitrogens with zero attached hydrogens (tertiary/aromatic N) is 2. The molecule has 0 fully saturated rings. The van der Waals surface area contributed by atoms with Crippen LogP contribution in [0.15, 0.2) is 12.7 Å². The summed E-state index contributed by atoms with van der Waals surface area (Å²) in [5.41, 5.74) is 0.984. The second kappa shape index (κ2) is 8.51. The first kappa shape index (κ1) is 15.5. The van der Waals surface area contributed by atoms with Crippen molar-refractivity contribution in [3.63, 3.8) is 0 Å². The van der Waals surface area contributed by atoms with Crippen molar-refractivity contribution in [3.05, 3.63) is 24.0 Å². The Kier molecular flexibility index (Phi) is 6.93. The molecule has 1 N–H and O–H groups in total. The van der Waals surface area contributed by atoms with E-state index in [0.29, 0.717) is 12.5 Å². The van der Waals surface area contributed by atoms with Crippen LogP contribution in [0.4, 0.5) is 5.82 Å². The highest BCUT2D eigenvalue weighted by Gasteiger charge is 2.11. The van der Waals surface area contributed by atoms with E-state index in [9.17, 15) is 0 Å². The molecule has 0 bridgehead atoms. The number of hydrogen-bond donors (Lipinski definition) is 1. The fourth-order valence-electron chi connectivity index (χ4n) is 1.67. The summed E-state index contributed by atoms with van der Waals surface area (Å²) in [4.78, 5) is 9.06. The zero-order valence-corrected chi connectivity index (χ0v) is 12.3. The van der Waals surface area contributed by atoms with E-state index in [-0.39, 0.29) is 0 Å². The SMILES string of the molecule is C=CCCOc1nc(CCC)nc(NCCC)c1C. The number of aryl methyl sites for hydroxylation is 1. The van der Waals surface area contributed by atoms with Gasteiger partial charge in [-0.15, -0.1) is 6.58 Å². The first-order valence-electron chi connectivity index (χ1n) is 7.08. The average Bonchev–Trinajstić information content (AvgIpc) is 2.41. The van der Waals surface area contributed by atoms with E-state index in [1.807, 2.05) is 13.0 Å². The predicted molar refractivity (Wildman–Crippen MR) is 79.9 cm³/mol. The molecule has 106 valence electrons. The molecule has 1 rings (SSSR count). The van der Waals surface area contributed by atoms with Gasteiger partial charge in [-0.25, -0.2) is 4.98 Å². The largest absolute Gasteiger partial charge is 0.477 e. The van der Waals surface area contributed by atoms with Crippen molar-refractivity contribution in [2.24, 2.45) is 0 Å². The van der Waals surface area contributed by atoms with Gasteiger partial charge in [0.15, 0.2) is 0 Å². The minimum Gasteiger partial charge on any atom is -0.477 e. The first-order chi connectivity index (χ1) is 9.22. The van der Waals surface area contributed by atoms with Crippen LogP contribution in [0, 0.1) is 6.92 Å². The lowest BCUT2D eigenvalue weighted by molar-refractivity contribution is 0.308. The standard InChI is InChI=1S/C15H25N3O/c1-5-8-11-19-15-12(4)14(16-10-7-3)17-13(18-15)9-6-2/h5H,1,6-11H2,2-4H3,(H,16,17,18). The van der Waals surface area contributed by atoms with Gasteiger partial charge in [-0.3, -0.25) is 0 Å². The lowest BCUT2D eigenvalue weighted by Crippen LogP contribution is -2.10. The molecule has 0 saturated heterocycles. The van der Waals surface area contributed by atoms with Crippen LogP contribution in [-0.4, -0.2) is 23.1 Å². The number of aromatic nitrogens is 2. The second-order valence-electron chi connectivity index (χ2n) is 4.52. The van der Waals surface area contributed by atoms with Crippen LogP contribution < -0.4 is 10.1 Å². The van der Waals surface area contributed by atoms with E-state index >= 15 is 0 Å². The Labute approximate surface area is 116 Å². The van der Waals surface area contributed by atoms with Gasteiger partial charge in [0, 0.05) is 13.0 Å². The van der Waals surface area contributed by atoms with Gasteiger partial charge in [0.2, 0.25) is 5.88 Å². The zero-order chi connectivity index (χ0) is 14.1. The molecule has 19 heavy (non-hydrogen) atoms. The van der Waals surface area contributed by atoms with Crippen LogP contribution in [-0.2, 0) is 6.42 Å². The monoisotopic (exact) mass is 263 g/mol. The number of nitrogens with one attached hydrogen (secondary N) is 1. The Hall–Kier alpha value is -1.58. The third-order valence-corrected chi connectivity index (χ3v) is 2.72. The number of anilines is 1. The molecule has 0 saturated carbocycles. The van der Waals surface area contributed by atoms with Crippen molar-refractivity contribution in [3.8, 4) is 5.88 Å². The van der Waals surface area contributed by atoms with Crippen molar-refractivity contribution in [1.82, 2.24) is 9.97 Å². The lowest BCUT2D eigenvalue weighted by Gasteiger charge is -2.13. The van der Waals surface area contributed by atoms with Crippen molar-refractivity contribution >= 4 is 5.82 Å². The maximum absolute atomic E-state index is 5.72. The summed E-state index contributed by atoms with van der Waals surface area (Å²) in [6.07, 6.45) is 5.64. The van der Waals surface area contributed by atoms with E-state index < -0.39 is 0 Å².